The van der Waals surface area contributed by atoms with E-state index in [9.17, 15) is 12.8 Å². The van der Waals surface area contributed by atoms with Crippen LogP contribution in [0.25, 0.3) is 0 Å². The molecule has 0 atom stereocenters. The molecule has 20 heavy (non-hydrogen) atoms. The monoisotopic (exact) mass is 358 g/mol. The van der Waals surface area contributed by atoms with Gasteiger partial charge >= 0.3 is 0 Å². The van der Waals surface area contributed by atoms with Crippen molar-refractivity contribution in [2.45, 2.75) is 11.8 Å². The molecule has 0 aliphatic heterocycles. The molecule has 0 fully saturated rings. The van der Waals surface area contributed by atoms with Crippen molar-refractivity contribution in [3.8, 4) is 0 Å². The molecule has 0 radical (unpaired) electrons. The fraction of sp³-hybridized carbons (Fsp3) is 0.0769. The average Bonchev–Trinajstić information content (AvgIpc) is 2.33. The molecule has 7 heteroatoms. The quantitative estimate of drug-likeness (QED) is 0.827. The number of hydrogen-bond acceptors (Lipinski definition) is 3. The maximum Gasteiger partial charge on any atom is 0.262 e. The Morgan fingerprint density at radius 1 is 1.20 bits per heavy atom. The normalized spacial score (nSPS) is 11.3. The summed E-state index contributed by atoms with van der Waals surface area (Å²) in [6, 6.07) is 8.50. The van der Waals surface area contributed by atoms with Crippen LogP contribution in [0.3, 0.4) is 0 Å². The van der Waals surface area contributed by atoms with Crippen molar-refractivity contribution in [3.05, 3.63) is 52.3 Å². The lowest BCUT2D eigenvalue weighted by atomic mass is 10.2. The van der Waals surface area contributed by atoms with E-state index in [1.807, 2.05) is 0 Å². The minimum atomic E-state index is -3.78. The third kappa shape index (κ3) is 3.10. The predicted molar refractivity (Wildman–Crippen MR) is 80.5 cm³/mol. The second-order valence-corrected chi connectivity index (χ2v) is 6.76. The zero-order valence-electron chi connectivity index (χ0n) is 10.5. The molecule has 0 aromatic heterocycles. The third-order valence-electron chi connectivity index (χ3n) is 2.66. The maximum absolute atomic E-state index is 13.4. The largest absolute Gasteiger partial charge is 0.399 e. The molecule has 0 saturated heterocycles. The van der Waals surface area contributed by atoms with Crippen LogP contribution in [0.5, 0.6) is 0 Å². The highest BCUT2D eigenvalue weighted by molar-refractivity contribution is 9.10. The summed E-state index contributed by atoms with van der Waals surface area (Å²) in [5.74, 6) is -0.542. The second kappa shape index (κ2) is 5.41. The Labute approximate surface area is 125 Å². The molecule has 0 aliphatic carbocycles. The predicted octanol–water partition coefficient (Wildman–Crippen LogP) is 3.28. The van der Waals surface area contributed by atoms with Gasteiger partial charge in [-0.1, -0.05) is 0 Å². The van der Waals surface area contributed by atoms with Gasteiger partial charge in [0.2, 0.25) is 0 Å². The Kier molecular flexibility index (Phi) is 4.01. The van der Waals surface area contributed by atoms with Crippen molar-refractivity contribution in [3.63, 3.8) is 0 Å². The van der Waals surface area contributed by atoms with Gasteiger partial charge < -0.3 is 5.73 Å². The van der Waals surface area contributed by atoms with Gasteiger partial charge in [-0.15, -0.1) is 0 Å². The number of anilines is 2. The number of halogens is 2. The molecule has 0 bridgehead atoms. The summed E-state index contributed by atoms with van der Waals surface area (Å²) in [6.07, 6.45) is 0. The van der Waals surface area contributed by atoms with Gasteiger partial charge in [-0.3, -0.25) is 4.72 Å². The lowest BCUT2D eigenvalue weighted by Crippen LogP contribution is -2.14. The summed E-state index contributed by atoms with van der Waals surface area (Å²) >= 11 is 3.01. The van der Waals surface area contributed by atoms with Gasteiger partial charge in [0.05, 0.1) is 15.1 Å². The number of nitrogens with one attached hydrogen (secondary N) is 1. The first-order chi connectivity index (χ1) is 9.29. The average molecular weight is 359 g/mol. The van der Waals surface area contributed by atoms with E-state index in [-0.39, 0.29) is 15.1 Å². The smallest absolute Gasteiger partial charge is 0.262 e. The minimum absolute atomic E-state index is 0.107. The van der Waals surface area contributed by atoms with Crippen LogP contribution in [0, 0.1) is 12.7 Å². The molecular formula is C13H12BrFN2O2S. The van der Waals surface area contributed by atoms with Crippen LogP contribution < -0.4 is 10.5 Å². The molecule has 2 rings (SSSR count). The molecule has 2 aromatic rings. The summed E-state index contributed by atoms with van der Waals surface area (Å²) in [7, 11) is -3.78. The zero-order valence-corrected chi connectivity index (χ0v) is 12.9. The number of sulfonamides is 1. The van der Waals surface area contributed by atoms with Gasteiger partial charge in [0.1, 0.15) is 5.82 Å². The summed E-state index contributed by atoms with van der Waals surface area (Å²) in [4.78, 5) is 0.107. The maximum atomic E-state index is 13.4. The number of hydrogen-bond donors (Lipinski definition) is 2. The van der Waals surface area contributed by atoms with Crippen molar-refractivity contribution < 1.29 is 12.8 Å². The lowest BCUT2D eigenvalue weighted by molar-refractivity contribution is 0.600. The highest BCUT2D eigenvalue weighted by Gasteiger charge is 2.17. The Balaban J connectivity index is 2.38. The second-order valence-electron chi connectivity index (χ2n) is 4.26. The first kappa shape index (κ1) is 14.8. The topological polar surface area (TPSA) is 72.2 Å². The van der Waals surface area contributed by atoms with Crippen LogP contribution in [-0.4, -0.2) is 8.42 Å². The molecule has 0 aliphatic rings. The van der Waals surface area contributed by atoms with Gasteiger partial charge in [-0.25, -0.2) is 12.8 Å². The molecule has 0 unspecified atom stereocenters. The van der Waals surface area contributed by atoms with Crippen LogP contribution in [0.15, 0.2) is 45.8 Å². The van der Waals surface area contributed by atoms with E-state index in [1.54, 1.807) is 13.0 Å². The molecule has 0 heterocycles. The van der Waals surface area contributed by atoms with Crippen molar-refractivity contribution in [1.29, 1.82) is 0 Å². The van der Waals surface area contributed by atoms with E-state index in [0.29, 0.717) is 11.3 Å². The fourth-order valence-electron chi connectivity index (χ4n) is 1.74. The Bertz CT molecular complexity index is 763. The van der Waals surface area contributed by atoms with Crippen molar-refractivity contribution in [2.75, 3.05) is 10.5 Å². The SMILES string of the molecule is Cc1cc(N)ccc1S(=O)(=O)Nc1ccc(Br)c(F)c1. The highest BCUT2D eigenvalue weighted by Crippen LogP contribution is 2.24. The van der Waals surface area contributed by atoms with Crippen LogP contribution in [0.1, 0.15) is 5.56 Å². The Morgan fingerprint density at radius 3 is 2.50 bits per heavy atom. The number of benzene rings is 2. The van der Waals surface area contributed by atoms with Crippen LogP contribution in [0.2, 0.25) is 0 Å². The third-order valence-corrected chi connectivity index (χ3v) is 4.84. The van der Waals surface area contributed by atoms with Gasteiger partial charge in [0.25, 0.3) is 10.0 Å². The Hall–Kier alpha value is -1.60. The summed E-state index contributed by atoms with van der Waals surface area (Å²) < 4.78 is 40.5. The molecular weight excluding hydrogens is 347 g/mol. The summed E-state index contributed by atoms with van der Waals surface area (Å²) in [5.41, 5.74) is 6.75. The summed E-state index contributed by atoms with van der Waals surface area (Å²) in [6.45, 7) is 1.65. The standard InChI is InChI=1S/C13H12BrFN2O2S/c1-8-6-9(16)2-5-13(8)20(18,19)17-10-3-4-11(14)12(15)7-10/h2-7,17H,16H2,1H3. The molecule has 0 saturated carbocycles. The van der Waals surface area contributed by atoms with Crippen molar-refractivity contribution in [1.82, 2.24) is 0 Å². The van der Waals surface area contributed by atoms with Crippen molar-refractivity contribution >= 4 is 37.3 Å². The van der Waals surface area contributed by atoms with Crippen LogP contribution >= 0.6 is 15.9 Å². The van der Waals surface area contributed by atoms with E-state index in [1.165, 1.54) is 24.3 Å². The molecule has 2 aromatic carbocycles. The fourth-order valence-corrected chi connectivity index (χ4v) is 3.27. The van der Waals surface area contributed by atoms with E-state index in [4.69, 9.17) is 5.73 Å². The number of nitrogens with two attached hydrogens (primary N) is 1. The highest BCUT2D eigenvalue weighted by atomic mass is 79.9. The number of aryl methyl sites for hydroxylation is 1. The number of rotatable bonds is 3. The zero-order chi connectivity index (χ0) is 14.9. The van der Waals surface area contributed by atoms with Gasteiger partial charge in [-0.2, -0.15) is 0 Å². The number of nitrogen functional groups attached to an aromatic ring is 1. The van der Waals surface area contributed by atoms with E-state index >= 15 is 0 Å². The lowest BCUT2D eigenvalue weighted by Gasteiger charge is -2.11. The molecule has 0 amide bonds. The molecule has 4 nitrogen and oxygen atoms in total. The van der Waals surface area contributed by atoms with Gasteiger partial charge in [0.15, 0.2) is 0 Å². The first-order valence-electron chi connectivity index (χ1n) is 5.63. The molecule has 0 spiro atoms. The molecule has 3 N–H and O–H groups in total. The van der Waals surface area contributed by atoms with Crippen LogP contribution in [-0.2, 0) is 10.0 Å². The van der Waals surface area contributed by atoms with Gasteiger partial charge in [0, 0.05) is 5.69 Å². The Morgan fingerprint density at radius 2 is 1.90 bits per heavy atom. The minimum Gasteiger partial charge on any atom is -0.399 e. The van der Waals surface area contributed by atoms with E-state index < -0.39 is 15.8 Å². The summed E-state index contributed by atoms with van der Waals surface area (Å²) in [5, 5.41) is 0. The van der Waals surface area contributed by atoms with Crippen LogP contribution in [0.4, 0.5) is 15.8 Å². The first-order valence-corrected chi connectivity index (χ1v) is 7.91. The van der Waals surface area contributed by atoms with Crippen molar-refractivity contribution in [2.24, 2.45) is 0 Å². The van der Waals surface area contributed by atoms with E-state index in [2.05, 4.69) is 20.7 Å². The molecule has 106 valence electrons. The van der Waals surface area contributed by atoms with E-state index in [0.717, 1.165) is 6.07 Å². The van der Waals surface area contributed by atoms with Gasteiger partial charge in [-0.05, 0) is 64.8 Å².